The van der Waals surface area contributed by atoms with Gasteiger partial charge in [-0.2, -0.15) is 0 Å². The number of aromatic nitrogens is 4. The van der Waals surface area contributed by atoms with E-state index in [1.807, 2.05) is 60.7 Å². The predicted molar refractivity (Wildman–Crippen MR) is 210 cm³/mol. The van der Waals surface area contributed by atoms with Crippen LogP contribution in [0.25, 0.3) is 94.5 Å². The Morgan fingerprint density at radius 3 is 1.35 bits per heavy atom. The van der Waals surface area contributed by atoms with Gasteiger partial charge in [-0.05, 0) is 34.2 Å². The van der Waals surface area contributed by atoms with Crippen molar-refractivity contribution in [3.8, 4) is 56.4 Å². The number of nitrogens with zero attached hydrogens (tertiary/aromatic N) is 4. The number of benzene rings is 7. The van der Waals surface area contributed by atoms with Crippen molar-refractivity contribution in [1.82, 2.24) is 19.4 Å². The van der Waals surface area contributed by atoms with Crippen molar-refractivity contribution >= 4 is 38.1 Å². The van der Waals surface area contributed by atoms with Crippen LogP contribution in [0.4, 0.5) is 0 Å². The molecule has 0 unspecified atom stereocenters. The molecule has 238 valence electrons. The molecule has 0 saturated carbocycles. The zero-order chi connectivity index (χ0) is 33.7. The van der Waals surface area contributed by atoms with Crippen LogP contribution in [0.3, 0.4) is 0 Å². The van der Waals surface area contributed by atoms with E-state index < -0.39 is 0 Å². The van der Waals surface area contributed by atoms with Gasteiger partial charge < -0.3 is 4.40 Å². The molecular weight excluding hydrogens is 621 g/mol. The molecule has 0 amide bonds. The Morgan fingerprint density at radius 2 is 0.745 bits per heavy atom. The normalized spacial score (nSPS) is 11.5. The Kier molecular flexibility index (Phi) is 6.78. The quantitative estimate of drug-likeness (QED) is 0.174. The van der Waals surface area contributed by atoms with E-state index in [4.69, 9.17) is 15.0 Å². The largest absolute Gasteiger partial charge is 0.308 e. The fourth-order valence-electron chi connectivity index (χ4n) is 7.44. The van der Waals surface area contributed by atoms with Crippen molar-refractivity contribution in [1.29, 1.82) is 0 Å². The molecule has 7 aromatic carbocycles. The molecule has 10 aromatic rings. The van der Waals surface area contributed by atoms with Gasteiger partial charge in [-0.1, -0.05) is 170 Å². The minimum Gasteiger partial charge on any atom is -0.308 e. The topological polar surface area (TPSA) is 43.1 Å². The molecule has 51 heavy (non-hydrogen) atoms. The predicted octanol–water partition coefficient (Wildman–Crippen LogP) is 11.9. The molecule has 0 saturated heterocycles. The molecule has 0 aliphatic carbocycles. The average molecular weight is 651 g/mol. The summed E-state index contributed by atoms with van der Waals surface area (Å²) < 4.78 is 2.47. The molecule has 4 heteroatoms. The van der Waals surface area contributed by atoms with Gasteiger partial charge >= 0.3 is 0 Å². The standard InChI is InChI=1S/C47H30N4/c1-4-14-32(15-5-1)43-40-29-28-36(30-42(40)51-41-23-13-12-21-38(41)37-20-10-11-22-39(37)44(43)51)31-24-26-35(27-25-31)47-49-45(33-16-6-2-7-17-33)48-46(50-47)34-18-8-3-9-19-34/h1-30H. The van der Waals surface area contributed by atoms with Gasteiger partial charge in [-0.3, -0.25) is 0 Å². The number of hydrogen-bond acceptors (Lipinski definition) is 3. The fraction of sp³-hybridized carbons (Fsp3) is 0. The van der Waals surface area contributed by atoms with Gasteiger partial charge in [0.05, 0.1) is 16.6 Å². The van der Waals surface area contributed by atoms with Crippen LogP contribution in [0.15, 0.2) is 182 Å². The molecule has 0 aliphatic heterocycles. The Hall–Kier alpha value is -6.91. The summed E-state index contributed by atoms with van der Waals surface area (Å²) in [4.78, 5) is 14.7. The van der Waals surface area contributed by atoms with Crippen LogP contribution in [-0.4, -0.2) is 19.4 Å². The zero-order valence-electron chi connectivity index (χ0n) is 27.6. The van der Waals surface area contributed by atoms with Crippen LogP contribution in [0, 0.1) is 0 Å². The van der Waals surface area contributed by atoms with E-state index in [0.717, 1.165) is 27.8 Å². The van der Waals surface area contributed by atoms with Crippen LogP contribution in [0.5, 0.6) is 0 Å². The minimum atomic E-state index is 0.646. The van der Waals surface area contributed by atoms with E-state index in [-0.39, 0.29) is 0 Å². The monoisotopic (exact) mass is 650 g/mol. The maximum absolute atomic E-state index is 4.94. The molecule has 0 bridgehead atoms. The highest BCUT2D eigenvalue weighted by Gasteiger charge is 2.20. The van der Waals surface area contributed by atoms with Gasteiger partial charge in [-0.25, -0.2) is 15.0 Å². The Labute approximate surface area is 295 Å². The van der Waals surface area contributed by atoms with Gasteiger partial charge in [-0.15, -0.1) is 0 Å². The van der Waals surface area contributed by atoms with Crippen molar-refractivity contribution in [2.24, 2.45) is 0 Å². The number of hydrogen-bond donors (Lipinski definition) is 0. The Balaban J connectivity index is 1.15. The smallest absolute Gasteiger partial charge is 0.164 e. The molecular formula is C47H30N4. The third-order valence-electron chi connectivity index (χ3n) is 9.82. The fourth-order valence-corrected chi connectivity index (χ4v) is 7.44. The molecule has 0 radical (unpaired) electrons. The van der Waals surface area contributed by atoms with E-state index in [1.165, 1.54) is 49.2 Å². The summed E-state index contributed by atoms with van der Waals surface area (Å²) in [6.45, 7) is 0. The summed E-state index contributed by atoms with van der Waals surface area (Å²) in [6, 6.07) is 64.0. The lowest BCUT2D eigenvalue weighted by molar-refractivity contribution is 1.07. The lowest BCUT2D eigenvalue weighted by Crippen LogP contribution is -2.00. The minimum absolute atomic E-state index is 0.646. The summed E-state index contributed by atoms with van der Waals surface area (Å²) in [5.74, 6) is 1.96. The maximum atomic E-state index is 4.94. The number of fused-ring (bicyclic) bond motifs is 8. The molecule has 10 rings (SSSR count). The van der Waals surface area contributed by atoms with E-state index >= 15 is 0 Å². The third kappa shape index (κ3) is 4.88. The van der Waals surface area contributed by atoms with Crippen LogP contribution in [0.1, 0.15) is 0 Å². The molecule has 3 heterocycles. The highest BCUT2D eigenvalue weighted by Crippen LogP contribution is 2.43. The van der Waals surface area contributed by atoms with Crippen LogP contribution < -0.4 is 0 Å². The van der Waals surface area contributed by atoms with Crippen molar-refractivity contribution in [3.63, 3.8) is 0 Å². The zero-order valence-corrected chi connectivity index (χ0v) is 27.6. The van der Waals surface area contributed by atoms with Crippen molar-refractivity contribution in [3.05, 3.63) is 182 Å². The Morgan fingerprint density at radius 1 is 0.294 bits per heavy atom. The van der Waals surface area contributed by atoms with Crippen LogP contribution in [0.2, 0.25) is 0 Å². The van der Waals surface area contributed by atoms with Crippen LogP contribution in [-0.2, 0) is 0 Å². The summed E-state index contributed by atoms with van der Waals surface area (Å²) in [5, 5.41) is 4.99. The van der Waals surface area contributed by atoms with E-state index in [2.05, 4.69) is 126 Å². The van der Waals surface area contributed by atoms with Crippen LogP contribution >= 0.6 is 0 Å². The number of para-hydroxylation sites is 1. The molecule has 0 atom stereocenters. The van der Waals surface area contributed by atoms with Gasteiger partial charge in [0.25, 0.3) is 0 Å². The van der Waals surface area contributed by atoms with E-state index in [1.54, 1.807) is 0 Å². The highest BCUT2D eigenvalue weighted by atomic mass is 15.0. The first-order chi connectivity index (χ1) is 25.3. The highest BCUT2D eigenvalue weighted by molar-refractivity contribution is 6.22. The molecule has 0 N–H and O–H groups in total. The molecule has 0 aliphatic rings. The summed E-state index contributed by atoms with van der Waals surface area (Å²) in [6.07, 6.45) is 0. The van der Waals surface area contributed by atoms with Gasteiger partial charge in [0.2, 0.25) is 0 Å². The first-order valence-corrected chi connectivity index (χ1v) is 17.2. The van der Waals surface area contributed by atoms with Crippen molar-refractivity contribution in [2.45, 2.75) is 0 Å². The van der Waals surface area contributed by atoms with Gasteiger partial charge in [0.15, 0.2) is 17.5 Å². The van der Waals surface area contributed by atoms with E-state index in [9.17, 15) is 0 Å². The maximum Gasteiger partial charge on any atom is 0.164 e. The first-order valence-electron chi connectivity index (χ1n) is 17.2. The second-order valence-corrected chi connectivity index (χ2v) is 12.8. The first kappa shape index (κ1) is 29.0. The van der Waals surface area contributed by atoms with Gasteiger partial charge in [0, 0.05) is 38.4 Å². The number of pyridine rings is 1. The van der Waals surface area contributed by atoms with Crippen molar-refractivity contribution < 1.29 is 0 Å². The summed E-state index contributed by atoms with van der Waals surface area (Å²) in [7, 11) is 0. The summed E-state index contributed by atoms with van der Waals surface area (Å²) >= 11 is 0. The summed E-state index contributed by atoms with van der Waals surface area (Å²) in [5.41, 5.74) is 11.2. The SMILES string of the molecule is c1ccc(-c2nc(-c3ccccc3)nc(-c3ccc(-c4ccc5c(-c6ccccc6)c6c7ccccc7c7ccccc7n6c5c4)cc3)n2)cc1. The second kappa shape index (κ2) is 11.9. The van der Waals surface area contributed by atoms with Crippen molar-refractivity contribution in [2.75, 3.05) is 0 Å². The lowest BCUT2D eigenvalue weighted by Gasteiger charge is -2.11. The molecule has 0 spiro atoms. The molecule has 4 nitrogen and oxygen atoms in total. The lowest BCUT2D eigenvalue weighted by atomic mass is 9.97. The average Bonchev–Trinajstić information content (AvgIpc) is 3.57. The second-order valence-electron chi connectivity index (χ2n) is 12.8. The molecule has 0 fully saturated rings. The van der Waals surface area contributed by atoms with Gasteiger partial charge in [0.1, 0.15) is 0 Å². The number of rotatable bonds is 5. The van der Waals surface area contributed by atoms with E-state index in [0.29, 0.717) is 17.5 Å². The molecule has 3 aromatic heterocycles. The Bertz CT molecular complexity index is 2820. The third-order valence-corrected chi connectivity index (χ3v) is 9.82.